The zero-order valence-corrected chi connectivity index (χ0v) is 11.6. The molecule has 1 aliphatic heterocycles. The number of hydrogen-bond donors (Lipinski definition) is 2. The summed E-state index contributed by atoms with van der Waals surface area (Å²) in [6.07, 6.45) is 7.76. The van der Waals surface area contributed by atoms with E-state index in [4.69, 9.17) is 0 Å². The van der Waals surface area contributed by atoms with Crippen molar-refractivity contribution in [3.05, 3.63) is 36.4 Å². The molecule has 1 aliphatic rings. The highest BCUT2D eigenvalue weighted by atomic mass is 15.1. The van der Waals surface area contributed by atoms with Gasteiger partial charge < -0.3 is 10.6 Å². The van der Waals surface area contributed by atoms with Crippen molar-refractivity contribution in [3.8, 4) is 11.3 Å². The minimum atomic E-state index is 0.413. The molecule has 0 radical (unpaired) electrons. The largest absolute Gasteiger partial charge is 0.364 e. The van der Waals surface area contributed by atoms with Crippen molar-refractivity contribution < 1.29 is 0 Å². The molecule has 0 saturated carbocycles. The maximum absolute atomic E-state index is 4.62. The lowest BCUT2D eigenvalue weighted by Gasteiger charge is -2.25. The van der Waals surface area contributed by atoms with E-state index < -0.39 is 0 Å². The number of piperidine rings is 1. The summed E-state index contributed by atoms with van der Waals surface area (Å²) in [6, 6.07) is 4.35. The van der Waals surface area contributed by atoms with E-state index in [2.05, 4.69) is 25.6 Å². The number of rotatable bonds is 3. The fourth-order valence-electron chi connectivity index (χ4n) is 2.46. The molecule has 0 bridgehead atoms. The van der Waals surface area contributed by atoms with Crippen molar-refractivity contribution in [2.45, 2.75) is 25.8 Å². The van der Waals surface area contributed by atoms with Gasteiger partial charge in [-0.05, 0) is 38.4 Å². The first kappa shape index (κ1) is 13.0. The van der Waals surface area contributed by atoms with Crippen molar-refractivity contribution in [2.24, 2.45) is 0 Å². The van der Waals surface area contributed by atoms with Crippen LogP contribution in [0, 0.1) is 6.92 Å². The van der Waals surface area contributed by atoms with E-state index >= 15 is 0 Å². The number of nitrogens with zero attached hydrogens (tertiary/aromatic N) is 3. The third kappa shape index (κ3) is 2.93. The van der Waals surface area contributed by atoms with Gasteiger partial charge in [0.1, 0.15) is 5.69 Å². The Labute approximate surface area is 118 Å². The zero-order valence-electron chi connectivity index (χ0n) is 11.6. The minimum absolute atomic E-state index is 0.413. The smallest absolute Gasteiger partial charge is 0.152 e. The molecule has 0 aromatic carbocycles. The summed E-state index contributed by atoms with van der Waals surface area (Å²) < 4.78 is 0. The molecule has 1 saturated heterocycles. The molecule has 20 heavy (non-hydrogen) atoms. The normalized spacial score (nSPS) is 18.8. The van der Waals surface area contributed by atoms with Crippen molar-refractivity contribution in [3.63, 3.8) is 0 Å². The van der Waals surface area contributed by atoms with Gasteiger partial charge in [-0.25, -0.2) is 9.97 Å². The second-order valence-electron chi connectivity index (χ2n) is 5.14. The Morgan fingerprint density at radius 1 is 1.35 bits per heavy atom. The van der Waals surface area contributed by atoms with Gasteiger partial charge in [0, 0.05) is 30.5 Å². The predicted octanol–water partition coefficient (Wildman–Crippen LogP) is 2.01. The van der Waals surface area contributed by atoms with E-state index in [0.717, 1.165) is 42.3 Å². The van der Waals surface area contributed by atoms with Crippen molar-refractivity contribution in [1.29, 1.82) is 0 Å². The molecule has 104 valence electrons. The molecule has 0 amide bonds. The van der Waals surface area contributed by atoms with E-state index in [9.17, 15) is 0 Å². The molecule has 2 N–H and O–H groups in total. The van der Waals surface area contributed by atoms with Crippen LogP contribution in [0.4, 0.5) is 5.82 Å². The number of aryl methyl sites for hydroxylation is 1. The van der Waals surface area contributed by atoms with Crippen LogP contribution in [0.3, 0.4) is 0 Å². The molecule has 2 aromatic heterocycles. The van der Waals surface area contributed by atoms with Crippen LogP contribution in [-0.2, 0) is 0 Å². The van der Waals surface area contributed by atoms with Crippen LogP contribution in [0.15, 0.2) is 30.7 Å². The fourth-order valence-corrected chi connectivity index (χ4v) is 2.46. The number of anilines is 1. The highest BCUT2D eigenvalue weighted by molar-refractivity contribution is 5.70. The molecule has 0 unspecified atom stereocenters. The highest BCUT2D eigenvalue weighted by Crippen LogP contribution is 2.24. The molecule has 2 aromatic rings. The Morgan fingerprint density at radius 3 is 3.05 bits per heavy atom. The quantitative estimate of drug-likeness (QED) is 0.892. The molecule has 5 heteroatoms. The van der Waals surface area contributed by atoms with Crippen LogP contribution >= 0.6 is 0 Å². The van der Waals surface area contributed by atoms with Gasteiger partial charge >= 0.3 is 0 Å². The summed E-state index contributed by atoms with van der Waals surface area (Å²) in [6.45, 7) is 4.04. The second kappa shape index (κ2) is 5.96. The maximum Gasteiger partial charge on any atom is 0.152 e. The summed E-state index contributed by atoms with van der Waals surface area (Å²) in [7, 11) is 0. The molecule has 3 heterocycles. The Balaban J connectivity index is 1.90. The van der Waals surface area contributed by atoms with E-state index in [0.29, 0.717) is 6.04 Å². The highest BCUT2D eigenvalue weighted by Gasteiger charge is 2.16. The first-order valence-electron chi connectivity index (χ1n) is 7.04. The zero-order chi connectivity index (χ0) is 13.8. The Bertz CT molecular complexity index is 564. The average Bonchev–Trinajstić information content (AvgIpc) is 2.51. The lowest BCUT2D eigenvalue weighted by molar-refractivity contribution is 0.479. The summed E-state index contributed by atoms with van der Waals surface area (Å²) in [5.41, 5.74) is 2.79. The van der Waals surface area contributed by atoms with Gasteiger partial charge in [0.05, 0.1) is 11.9 Å². The molecule has 0 aliphatic carbocycles. The fraction of sp³-hybridized carbons (Fsp3) is 0.400. The predicted molar refractivity (Wildman–Crippen MR) is 79.5 cm³/mol. The summed E-state index contributed by atoms with van der Waals surface area (Å²) in [5.74, 6) is 0.845. The van der Waals surface area contributed by atoms with Gasteiger partial charge in [0.15, 0.2) is 5.82 Å². The molecule has 1 fully saturated rings. The first-order valence-corrected chi connectivity index (χ1v) is 7.04. The minimum Gasteiger partial charge on any atom is -0.364 e. The molecule has 5 nitrogen and oxygen atoms in total. The van der Waals surface area contributed by atoms with Crippen molar-refractivity contribution >= 4 is 5.82 Å². The first-order chi connectivity index (χ1) is 9.83. The van der Waals surface area contributed by atoms with E-state index in [1.807, 2.05) is 25.3 Å². The van der Waals surface area contributed by atoms with Crippen LogP contribution in [0.2, 0.25) is 0 Å². The number of pyridine rings is 1. The van der Waals surface area contributed by atoms with Gasteiger partial charge in [-0.1, -0.05) is 0 Å². The van der Waals surface area contributed by atoms with Crippen LogP contribution in [-0.4, -0.2) is 34.1 Å². The van der Waals surface area contributed by atoms with Gasteiger partial charge in [0.25, 0.3) is 0 Å². The maximum atomic E-state index is 4.62. The molecule has 3 rings (SSSR count). The molecular formula is C15H19N5. The van der Waals surface area contributed by atoms with E-state index in [-0.39, 0.29) is 0 Å². The summed E-state index contributed by atoms with van der Waals surface area (Å²) in [5, 5.41) is 6.91. The monoisotopic (exact) mass is 269 g/mol. The van der Waals surface area contributed by atoms with Gasteiger partial charge in [-0.2, -0.15) is 0 Å². The SMILES string of the molecule is Cc1cnc(N[C@@H]2CCCNC2)c(-c2cccnc2)n1. The van der Waals surface area contributed by atoms with Crippen LogP contribution in [0.1, 0.15) is 18.5 Å². The Hall–Kier alpha value is -2.01. The van der Waals surface area contributed by atoms with Crippen LogP contribution < -0.4 is 10.6 Å². The number of hydrogen-bond acceptors (Lipinski definition) is 5. The second-order valence-corrected chi connectivity index (χ2v) is 5.14. The van der Waals surface area contributed by atoms with Crippen molar-refractivity contribution in [1.82, 2.24) is 20.3 Å². The standard InChI is InChI=1S/C15H19N5/c1-11-8-18-15(20-13-5-3-7-17-10-13)14(19-11)12-4-2-6-16-9-12/h2,4,6,8-9,13,17H,3,5,7,10H2,1H3,(H,18,20)/t13-/m1/s1. The third-order valence-electron chi connectivity index (χ3n) is 3.47. The van der Waals surface area contributed by atoms with Gasteiger partial charge in [-0.15, -0.1) is 0 Å². The van der Waals surface area contributed by atoms with E-state index in [1.165, 1.54) is 6.42 Å². The Morgan fingerprint density at radius 2 is 2.30 bits per heavy atom. The molecular weight excluding hydrogens is 250 g/mol. The van der Waals surface area contributed by atoms with Crippen molar-refractivity contribution in [2.75, 3.05) is 18.4 Å². The third-order valence-corrected chi connectivity index (χ3v) is 3.47. The Kier molecular flexibility index (Phi) is 3.87. The topological polar surface area (TPSA) is 62.7 Å². The van der Waals surface area contributed by atoms with E-state index in [1.54, 1.807) is 12.4 Å². The van der Waals surface area contributed by atoms with Gasteiger partial charge in [0.2, 0.25) is 0 Å². The lowest BCUT2D eigenvalue weighted by Crippen LogP contribution is -2.38. The lowest BCUT2D eigenvalue weighted by atomic mass is 10.1. The molecule has 0 spiro atoms. The van der Waals surface area contributed by atoms with Gasteiger partial charge in [-0.3, -0.25) is 4.98 Å². The number of aromatic nitrogens is 3. The molecule has 1 atom stereocenters. The van der Waals surface area contributed by atoms with Crippen LogP contribution in [0.5, 0.6) is 0 Å². The summed E-state index contributed by atoms with van der Waals surface area (Å²) in [4.78, 5) is 13.3. The van der Waals surface area contributed by atoms with Crippen LogP contribution in [0.25, 0.3) is 11.3 Å². The summed E-state index contributed by atoms with van der Waals surface area (Å²) >= 11 is 0. The average molecular weight is 269 g/mol. The number of nitrogens with one attached hydrogen (secondary N) is 2.